The maximum absolute atomic E-state index is 11.0. The van der Waals surface area contributed by atoms with Gasteiger partial charge in [-0.25, -0.2) is 0 Å². The third-order valence-corrected chi connectivity index (χ3v) is 2.93. The SMILES string of the molecule is N#CCC(=O)C1CCNC1.O=COCc1ccccc1. The van der Waals surface area contributed by atoms with Crippen molar-refractivity contribution in [2.75, 3.05) is 13.1 Å². The molecule has 5 nitrogen and oxygen atoms in total. The molecule has 1 aliphatic heterocycles. The molecule has 0 aliphatic carbocycles. The molecule has 1 aromatic carbocycles. The van der Waals surface area contributed by atoms with Gasteiger partial charge >= 0.3 is 0 Å². The Morgan fingerprint density at radius 3 is 2.75 bits per heavy atom. The van der Waals surface area contributed by atoms with Crippen molar-refractivity contribution in [3.8, 4) is 6.07 Å². The second kappa shape index (κ2) is 9.70. The van der Waals surface area contributed by atoms with E-state index in [0.29, 0.717) is 13.1 Å². The number of hydrogen-bond acceptors (Lipinski definition) is 5. The Morgan fingerprint density at radius 1 is 1.45 bits per heavy atom. The second-order valence-electron chi connectivity index (χ2n) is 4.38. The second-order valence-corrected chi connectivity index (χ2v) is 4.38. The highest BCUT2D eigenvalue weighted by Gasteiger charge is 2.21. The van der Waals surface area contributed by atoms with Crippen molar-refractivity contribution in [2.24, 2.45) is 5.92 Å². The molecule has 1 heterocycles. The number of ketones is 1. The normalized spacial score (nSPS) is 16.4. The molecule has 1 aromatic rings. The van der Waals surface area contributed by atoms with E-state index < -0.39 is 0 Å². The van der Waals surface area contributed by atoms with Crippen LogP contribution in [0, 0.1) is 17.2 Å². The Kier molecular flexibility index (Phi) is 7.70. The van der Waals surface area contributed by atoms with Crippen molar-refractivity contribution in [3.63, 3.8) is 0 Å². The largest absolute Gasteiger partial charge is 0.463 e. The molecule has 0 bridgehead atoms. The van der Waals surface area contributed by atoms with Crippen LogP contribution in [-0.2, 0) is 20.9 Å². The highest BCUT2D eigenvalue weighted by Crippen LogP contribution is 2.09. The number of nitrogens with one attached hydrogen (secondary N) is 1. The van der Waals surface area contributed by atoms with Gasteiger partial charge in [-0.15, -0.1) is 0 Å². The lowest BCUT2D eigenvalue weighted by Gasteiger charge is -2.00. The van der Waals surface area contributed by atoms with E-state index in [1.54, 1.807) is 0 Å². The van der Waals surface area contributed by atoms with Gasteiger partial charge in [-0.3, -0.25) is 9.59 Å². The van der Waals surface area contributed by atoms with Gasteiger partial charge in [-0.2, -0.15) is 5.26 Å². The van der Waals surface area contributed by atoms with Crippen LogP contribution in [0.25, 0.3) is 0 Å². The van der Waals surface area contributed by atoms with E-state index in [1.807, 2.05) is 36.4 Å². The summed E-state index contributed by atoms with van der Waals surface area (Å²) in [6, 6.07) is 11.4. The molecule has 1 fully saturated rings. The molecule has 2 rings (SSSR count). The number of hydrogen-bond donors (Lipinski definition) is 1. The zero-order valence-electron chi connectivity index (χ0n) is 11.2. The summed E-state index contributed by atoms with van der Waals surface area (Å²) in [6.07, 6.45) is 0.979. The minimum Gasteiger partial charge on any atom is -0.463 e. The van der Waals surface area contributed by atoms with E-state index in [-0.39, 0.29) is 18.1 Å². The molecular weight excluding hydrogens is 256 g/mol. The first-order chi connectivity index (χ1) is 9.77. The first-order valence-electron chi connectivity index (χ1n) is 6.47. The summed E-state index contributed by atoms with van der Waals surface area (Å²) in [5, 5.41) is 11.3. The van der Waals surface area contributed by atoms with E-state index >= 15 is 0 Å². The van der Waals surface area contributed by atoms with Crippen LogP contribution in [-0.4, -0.2) is 25.3 Å². The zero-order chi connectivity index (χ0) is 14.6. The van der Waals surface area contributed by atoms with E-state index in [4.69, 9.17) is 5.26 Å². The quantitative estimate of drug-likeness (QED) is 0.822. The molecule has 5 heteroatoms. The maximum atomic E-state index is 11.0. The zero-order valence-corrected chi connectivity index (χ0v) is 11.2. The van der Waals surface area contributed by atoms with Gasteiger partial charge in [-0.1, -0.05) is 30.3 Å². The minimum absolute atomic E-state index is 0.0757. The fraction of sp³-hybridized carbons (Fsp3) is 0.400. The number of nitrogens with zero attached hydrogens (tertiary/aromatic N) is 1. The number of ether oxygens (including phenoxy) is 1. The molecule has 1 atom stereocenters. The molecule has 0 radical (unpaired) electrons. The number of nitriles is 1. The van der Waals surface area contributed by atoms with Crippen LogP contribution >= 0.6 is 0 Å². The lowest BCUT2D eigenvalue weighted by atomic mass is 10.0. The third kappa shape index (κ3) is 6.12. The Balaban J connectivity index is 0.000000200. The summed E-state index contributed by atoms with van der Waals surface area (Å²) in [7, 11) is 0. The summed E-state index contributed by atoms with van der Waals surface area (Å²) < 4.78 is 4.54. The number of rotatable bonds is 5. The van der Waals surface area contributed by atoms with Gasteiger partial charge in [0.1, 0.15) is 6.61 Å². The summed E-state index contributed by atoms with van der Waals surface area (Å²) in [6.45, 7) is 2.50. The first kappa shape index (κ1) is 15.9. The fourth-order valence-corrected chi connectivity index (χ4v) is 1.86. The van der Waals surface area contributed by atoms with E-state index in [9.17, 15) is 9.59 Å². The topological polar surface area (TPSA) is 79.2 Å². The van der Waals surface area contributed by atoms with Gasteiger partial charge in [0, 0.05) is 12.5 Å². The van der Waals surface area contributed by atoms with E-state index in [1.165, 1.54) is 0 Å². The molecule has 1 N–H and O–H groups in total. The van der Waals surface area contributed by atoms with Gasteiger partial charge in [0.25, 0.3) is 6.47 Å². The van der Waals surface area contributed by atoms with Crippen LogP contribution in [0.3, 0.4) is 0 Å². The van der Waals surface area contributed by atoms with Gasteiger partial charge in [0.15, 0.2) is 5.78 Å². The number of carbonyl (C=O) groups is 2. The number of Topliss-reactive ketones (excluding diaryl/α,β-unsaturated/α-hetero) is 1. The predicted octanol–water partition coefficient (Wildman–Crippen LogP) is 1.44. The summed E-state index contributed by atoms with van der Waals surface area (Å²) in [4.78, 5) is 20.7. The molecule has 1 aliphatic rings. The van der Waals surface area contributed by atoms with Crippen molar-refractivity contribution < 1.29 is 14.3 Å². The van der Waals surface area contributed by atoms with Crippen molar-refractivity contribution in [3.05, 3.63) is 35.9 Å². The third-order valence-electron chi connectivity index (χ3n) is 2.93. The predicted molar refractivity (Wildman–Crippen MR) is 73.5 cm³/mol. The Hall–Kier alpha value is -2.19. The lowest BCUT2D eigenvalue weighted by molar-refractivity contribution is -0.129. The van der Waals surface area contributed by atoms with Crippen LogP contribution in [0.1, 0.15) is 18.4 Å². The summed E-state index contributed by atoms with van der Waals surface area (Å²) in [5.74, 6) is 0.201. The van der Waals surface area contributed by atoms with Crippen LogP contribution in [0.4, 0.5) is 0 Å². The average Bonchev–Trinajstić information content (AvgIpc) is 3.01. The average molecular weight is 274 g/mol. The molecule has 0 saturated carbocycles. The number of carbonyl (C=O) groups excluding carboxylic acids is 2. The smallest absolute Gasteiger partial charge is 0.293 e. The van der Waals surface area contributed by atoms with Gasteiger partial charge < -0.3 is 10.1 Å². The monoisotopic (exact) mass is 274 g/mol. The Morgan fingerprint density at radius 2 is 2.20 bits per heavy atom. The molecule has 106 valence electrons. The molecule has 0 spiro atoms. The maximum Gasteiger partial charge on any atom is 0.293 e. The highest BCUT2D eigenvalue weighted by atomic mass is 16.5. The van der Waals surface area contributed by atoms with Gasteiger partial charge in [-0.05, 0) is 18.5 Å². The van der Waals surface area contributed by atoms with Gasteiger partial charge in [0.2, 0.25) is 0 Å². The minimum atomic E-state index is 0.0757. The van der Waals surface area contributed by atoms with Crippen molar-refractivity contribution in [1.82, 2.24) is 5.32 Å². The van der Waals surface area contributed by atoms with Crippen molar-refractivity contribution in [2.45, 2.75) is 19.4 Å². The summed E-state index contributed by atoms with van der Waals surface area (Å²) in [5.41, 5.74) is 1.01. The van der Waals surface area contributed by atoms with E-state index in [0.717, 1.165) is 25.1 Å². The highest BCUT2D eigenvalue weighted by molar-refractivity contribution is 5.83. The molecule has 0 amide bonds. The standard InChI is InChI=1S/C8H8O2.C7H10N2O/c9-7-10-6-8-4-2-1-3-5-8;8-3-1-7(10)6-2-4-9-5-6/h1-5,7H,6H2;6,9H,1-2,4-5H2. The van der Waals surface area contributed by atoms with Gasteiger partial charge in [0.05, 0.1) is 12.5 Å². The van der Waals surface area contributed by atoms with Crippen LogP contribution in [0.5, 0.6) is 0 Å². The van der Waals surface area contributed by atoms with Crippen molar-refractivity contribution >= 4 is 12.3 Å². The fourth-order valence-electron chi connectivity index (χ4n) is 1.86. The Labute approximate surface area is 118 Å². The lowest BCUT2D eigenvalue weighted by Crippen LogP contribution is -2.16. The molecule has 20 heavy (non-hydrogen) atoms. The van der Waals surface area contributed by atoms with Crippen LogP contribution in [0.2, 0.25) is 0 Å². The molecular formula is C15H18N2O3. The molecule has 0 aromatic heterocycles. The number of benzene rings is 1. The van der Waals surface area contributed by atoms with Crippen molar-refractivity contribution in [1.29, 1.82) is 5.26 Å². The first-order valence-corrected chi connectivity index (χ1v) is 6.47. The molecule has 1 saturated heterocycles. The van der Waals surface area contributed by atoms with Crippen LogP contribution in [0.15, 0.2) is 30.3 Å². The van der Waals surface area contributed by atoms with Crippen LogP contribution < -0.4 is 5.32 Å². The van der Waals surface area contributed by atoms with E-state index in [2.05, 4.69) is 10.1 Å². The molecule has 1 unspecified atom stereocenters. The summed E-state index contributed by atoms with van der Waals surface area (Å²) >= 11 is 0. The Bertz CT molecular complexity index is 448.